The third-order valence-corrected chi connectivity index (χ3v) is 13.9. The van der Waals surface area contributed by atoms with Crippen LogP contribution >= 0.6 is 0 Å². The van der Waals surface area contributed by atoms with Crippen molar-refractivity contribution in [2.75, 3.05) is 4.90 Å². The summed E-state index contributed by atoms with van der Waals surface area (Å²) in [5.41, 5.74) is 21.2. The van der Waals surface area contributed by atoms with Crippen LogP contribution in [0.1, 0.15) is 25.0 Å². The SMILES string of the molecule is CC1(C)c2ccccc2-c2cc(-c3cccc(-c4cccc(N(c5ccc(-c6cccc7c6oc6ccccc67)cc5)c5cccc(-c6cccc7c6oc6ccccc67)c5)c4)c3)ccc21. The lowest BCUT2D eigenvalue weighted by atomic mass is 9.82. The van der Waals surface area contributed by atoms with Gasteiger partial charge in [-0.25, -0.2) is 0 Å². The van der Waals surface area contributed by atoms with Crippen LogP contribution in [0.4, 0.5) is 17.1 Å². The molecule has 2 aromatic heterocycles. The molecule has 0 amide bonds. The van der Waals surface area contributed by atoms with Gasteiger partial charge < -0.3 is 13.7 Å². The van der Waals surface area contributed by atoms with Crippen molar-refractivity contribution in [2.24, 2.45) is 0 Å². The van der Waals surface area contributed by atoms with Crippen LogP contribution in [0.25, 0.3) is 99.5 Å². The van der Waals surface area contributed by atoms with Crippen molar-refractivity contribution >= 4 is 60.9 Å². The lowest BCUT2D eigenvalue weighted by molar-refractivity contribution is 0.660. The summed E-state index contributed by atoms with van der Waals surface area (Å²) in [6, 6.07) is 80.9. The van der Waals surface area contributed by atoms with Crippen LogP contribution in [0, 0.1) is 0 Å². The van der Waals surface area contributed by atoms with Gasteiger partial charge in [0, 0.05) is 55.1 Å². The zero-order valence-electron chi connectivity index (χ0n) is 36.6. The normalized spacial score (nSPS) is 12.8. The van der Waals surface area contributed by atoms with Gasteiger partial charge in [0.2, 0.25) is 0 Å². The van der Waals surface area contributed by atoms with Crippen LogP contribution in [-0.4, -0.2) is 0 Å². The van der Waals surface area contributed by atoms with E-state index in [9.17, 15) is 0 Å². The molecule has 0 atom stereocenters. The number of anilines is 3. The Balaban J connectivity index is 0.921. The van der Waals surface area contributed by atoms with Gasteiger partial charge in [-0.05, 0) is 116 Å². The van der Waals surface area contributed by atoms with Crippen LogP contribution < -0.4 is 4.90 Å². The predicted molar refractivity (Wildman–Crippen MR) is 275 cm³/mol. The summed E-state index contributed by atoms with van der Waals surface area (Å²) in [5, 5.41) is 4.49. The minimum atomic E-state index is -0.0260. The average Bonchev–Trinajstić information content (AvgIpc) is 4.02. The number of hydrogen-bond donors (Lipinski definition) is 0. The third kappa shape index (κ3) is 6.04. The molecule has 0 N–H and O–H groups in total. The Labute approximate surface area is 383 Å². The molecule has 0 fully saturated rings. The largest absolute Gasteiger partial charge is 0.455 e. The Morgan fingerprint density at radius 2 is 0.758 bits per heavy atom. The lowest BCUT2D eigenvalue weighted by Crippen LogP contribution is -2.14. The molecule has 312 valence electrons. The quantitative estimate of drug-likeness (QED) is 0.160. The monoisotopic (exact) mass is 845 g/mol. The molecule has 12 aromatic rings. The van der Waals surface area contributed by atoms with Crippen LogP contribution in [0.2, 0.25) is 0 Å². The van der Waals surface area contributed by atoms with Gasteiger partial charge in [0.25, 0.3) is 0 Å². The topological polar surface area (TPSA) is 29.5 Å². The number of benzene rings is 10. The van der Waals surface area contributed by atoms with E-state index < -0.39 is 0 Å². The molecule has 2 heterocycles. The Kier molecular flexibility index (Phi) is 8.56. The van der Waals surface area contributed by atoms with Crippen molar-refractivity contribution in [1.29, 1.82) is 0 Å². The first kappa shape index (κ1) is 38.1. The van der Waals surface area contributed by atoms with Gasteiger partial charge in [-0.3, -0.25) is 0 Å². The maximum absolute atomic E-state index is 6.54. The number of para-hydroxylation sites is 4. The molecule has 3 nitrogen and oxygen atoms in total. The highest BCUT2D eigenvalue weighted by atomic mass is 16.3. The highest BCUT2D eigenvalue weighted by Crippen LogP contribution is 2.50. The fourth-order valence-corrected chi connectivity index (χ4v) is 10.6. The van der Waals surface area contributed by atoms with Gasteiger partial charge in [-0.15, -0.1) is 0 Å². The first-order valence-corrected chi connectivity index (χ1v) is 22.7. The van der Waals surface area contributed by atoms with Gasteiger partial charge in [-0.1, -0.05) is 178 Å². The summed E-state index contributed by atoms with van der Waals surface area (Å²) in [6.07, 6.45) is 0. The van der Waals surface area contributed by atoms with E-state index in [1.807, 2.05) is 24.3 Å². The summed E-state index contributed by atoms with van der Waals surface area (Å²) in [4.78, 5) is 2.36. The molecule has 0 saturated carbocycles. The Morgan fingerprint density at radius 1 is 0.303 bits per heavy atom. The van der Waals surface area contributed by atoms with E-state index in [-0.39, 0.29) is 5.41 Å². The molecule has 0 radical (unpaired) electrons. The Hall–Kier alpha value is -8.40. The molecule has 0 spiro atoms. The second kappa shape index (κ2) is 14.8. The minimum absolute atomic E-state index is 0.0260. The van der Waals surface area contributed by atoms with Gasteiger partial charge in [0.05, 0.1) is 0 Å². The molecule has 10 aromatic carbocycles. The van der Waals surface area contributed by atoms with E-state index in [0.29, 0.717) is 0 Å². The van der Waals surface area contributed by atoms with Gasteiger partial charge in [-0.2, -0.15) is 0 Å². The smallest absolute Gasteiger partial charge is 0.143 e. The number of fused-ring (bicyclic) bond motifs is 9. The van der Waals surface area contributed by atoms with E-state index in [4.69, 9.17) is 8.83 Å². The summed E-state index contributed by atoms with van der Waals surface area (Å²) in [7, 11) is 0. The second-order valence-electron chi connectivity index (χ2n) is 18.1. The highest BCUT2D eigenvalue weighted by molar-refractivity contribution is 6.11. The summed E-state index contributed by atoms with van der Waals surface area (Å²) >= 11 is 0. The molecule has 0 unspecified atom stereocenters. The standard InChI is InChI=1S/C63H43NO2/c1-63(2)57-27-6-3-20-51(57)56-39-44(32-35-58(56)63)42-15-9-14-41(36-42)43-16-10-18-47(37-43)64(46-33-30-40(31-34-46)49-23-12-25-54-52-21-4-7-28-59(52)65-61(49)54)48-19-11-17-45(38-48)50-24-13-26-55-53-22-5-8-29-60(53)66-62(50)55/h3-39H,1-2H3. The zero-order valence-corrected chi connectivity index (χ0v) is 36.6. The first-order valence-electron chi connectivity index (χ1n) is 22.7. The number of rotatable bonds is 7. The molecule has 3 heteroatoms. The van der Waals surface area contributed by atoms with E-state index in [2.05, 4.69) is 219 Å². The Morgan fingerprint density at radius 3 is 1.42 bits per heavy atom. The average molecular weight is 846 g/mol. The second-order valence-corrected chi connectivity index (χ2v) is 18.1. The fraction of sp³-hybridized carbons (Fsp3) is 0.0476. The lowest BCUT2D eigenvalue weighted by Gasteiger charge is -2.27. The van der Waals surface area contributed by atoms with Crippen molar-refractivity contribution < 1.29 is 8.83 Å². The van der Waals surface area contributed by atoms with Gasteiger partial charge >= 0.3 is 0 Å². The Bertz CT molecular complexity index is 3870. The summed E-state index contributed by atoms with van der Waals surface area (Å²) in [5.74, 6) is 0. The van der Waals surface area contributed by atoms with Crippen LogP contribution in [0.3, 0.4) is 0 Å². The number of hydrogen-bond acceptors (Lipinski definition) is 3. The molecule has 13 rings (SSSR count). The van der Waals surface area contributed by atoms with Crippen LogP contribution in [-0.2, 0) is 5.41 Å². The number of furan rings is 2. The molecule has 66 heavy (non-hydrogen) atoms. The van der Waals surface area contributed by atoms with E-state index >= 15 is 0 Å². The van der Waals surface area contributed by atoms with E-state index in [1.165, 1.54) is 33.4 Å². The van der Waals surface area contributed by atoms with E-state index in [0.717, 1.165) is 94.3 Å². The minimum Gasteiger partial charge on any atom is -0.455 e. The van der Waals surface area contributed by atoms with Crippen molar-refractivity contribution in [1.82, 2.24) is 0 Å². The summed E-state index contributed by atoms with van der Waals surface area (Å²) in [6.45, 7) is 4.67. The molecular weight excluding hydrogens is 803 g/mol. The van der Waals surface area contributed by atoms with Gasteiger partial charge in [0.1, 0.15) is 22.3 Å². The molecule has 0 bridgehead atoms. The molecule has 0 saturated heterocycles. The summed E-state index contributed by atoms with van der Waals surface area (Å²) < 4.78 is 13.0. The molecule has 1 aliphatic rings. The molecular formula is C63H43NO2. The molecule has 1 aliphatic carbocycles. The first-order chi connectivity index (χ1) is 32.5. The van der Waals surface area contributed by atoms with E-state index in [1.54, 1.807) is 0 Å². The maximum atomic E-state index is 6.54. The third-order valence-electron chi connectivity index (χ3n) is 13.9. The van der Waals surface area contributed by atoms with Gasteiger partial charge in [0.15, 0.2) is 0 Å². The van der Waals surface area contributed by atoms with Crippen molar-refractivity contribution in [3.63, 3.8) is 0 Å². The number of nitrogens with zero attached hydrogens (tertiary/aromatic N) is 1. The highest BCUT2D eigenvalue weighted by Gasteiger charge is 2.35. The zero-order chi connectivity index (χ0) is 43.9. The van der Waals surface area contributed by atoms with Crippen molar-refractivity contribution in [3.05, 3.63) is 236 Å². The predicted octanol–water partition coefficient (Wildman–Crippen LogP) is 17.9. The molecule has 0 aliphatic heterocycles. The van der Waals surface area contributed by atoms with Crippen LogP contribution in [0.5, 0.6) is 0 Å². The van der Waals surface area contributed by atoms with Crippen molar-refractivity contribution in [2.45, 2.75) is 19.3 Å². The van der Waals surface area contributed by atoms with Crippen LogP contribution in [0.15, 0.2) is 233 Å². The fourth-order valence-electron chi connectivity index (χ4n) is 10.6. The maximum Gasteiger partial charge on any atom is 0.143 e. The van der Waals surface area contributed by atoms with Crippen molar-refractivity contribution in [3.8, 4) is 55.6 Å².